The van der Waals surface area contributed by atoms with E-state index < -0.39 is 0 Å². The van der Waals surface area contributed by atoms with Gasteiger partial charge in [-0.25, -0.2) is 0 Å². The number of aromatic hydroxyl groups is 1. The first-order valence-corrected chi connectivity index (χ1v) is 9.86. The molecule has 0 saturated carbocycles. The van der Waals surface area contributed by atoms with Crippen LogP contribution in [-0.4, -0.2) is 51.5 Å². The quantitative estimate of drug-likeness (QED) is 0.885. The lowest BCUT2D eigenvalue weighted by molar-refractivity contribution is -0.135. The first kappa shape index (κ1) is 18.0. The second-order valence-electron chi connectivity index (χ2n) is 7.86. The Morgan fingerprint density at radius 1 is 1.00 bits per heavy atom. The Morgan fingerprint density at radius 2 is 1.78 bits per heavy atom. The summed E-state index contributed by atoms with van der Waals surface area (Å²) in [6.45, 7) is 3.86. The average Bonchev–Trinajstić information content (AvgIpc) is 2.99. The molecule has 3 saturated heterocycles. The predicted octanol–water partition coefficient (Wildman–Crippen LogP) is 2.84. The summed E-state index contributed by atoms with van der Waals surface area (Å²) in [6.07, 6.45) is 7.30. The molecule has 1 aromatic carbocycles. The zero-order chi connectivity index (χ0) is 18.6. The van der Waals surface area contributed by atoms with E-state index in [2.05, 4.69) is 26.9 Å². The number of rotatable bonds is 5. The molecule has 0 spiro atoms. The van der Waals surface area contributed by atoms with Crippen LogP contribution in [0, 0.1) is 5.92 Å². The smallest absolute Gasteiger partial charge is 0.223 e. The van der Waals surface area contributed by atoms with Crippen LogP contribution in [0.2, 0.25) is 0 Å². The molecule has 2 bridgehead atoms. The van der Waals surface area contributed by atoms with Crippen molar-refractivity contribution in [3.8, 4) is 5.75 Å². The van der Waals surface area contributed by atoms with Gasteiger partial charge in [0.2, 0.25) is 5.91 Å². The molecule has 1 N–H and O–H groups in total. The molecule has 3 fully saturated rings. The van der Waals surface area contributed by atoms with E-state index in [0.717, 1.165) is 44.6 Å². The van der Waals surface area contributed by atoms with Gasteiger partial charge in [0, 0.05) is 51.0 Å². The largest absolute Gasteiger partial charge is 0.508 e. The first-order chi connectivity index (χ1) is 13.2. The number of phenolic OH excluding ortho intramolecular Hbond substituents is 1. The maximum Gasteiger partial charge on any atom is 0.223 e. The predicted molar refractivity (Wildman–Crippen MR) is 104 cm³/mol. The van der Waals surface area contributed by atoms with Gasteiger partial charge in [-0.2, -0.15) is 0 Å². The number of pyridine rings is 1. The Hall–Kier alpha value is -2.40. The molecule has 1 amide bonds. The van der Waals surface area contributed by atoms with E-state index in [1.54, 1.807) is 12.1 Å². The van der Waals surface area contributed by atoms with Crippen molar-refractivity contribution in [3.05, 3.63) is 59.9 Å². The highest BCUT2D eigenvalue weighted by Crippen LogP contribution is 2.29. The molecular weight excluding hydrogens is 338 g/mol. The van der Waals surface area contributed by atoms with E-state index >= 15 is 0 Å². The van der Waals surface area contributed by atoms with Crippen LogP contribution in [0.5, 0.6) is 5.75 Å². The van der Waals surface area contributed by atoms with Gasteiger partial charge in [-0.15, -0.1) is 0 Å². The Bertz CT molecular complexity index is 763. The van der Waals surface area contributed by atoms with Crippen molar-refractivity contribution in [2.45, 2.75) is 38.3 Å². The molecule has 0 radical (unpaired) electrons. The summed E-state index contributed by atoms with van der Waals surface area (Å²) in [5, 5.41) is 9.39. The average molecular weight is 365 g/mol. The lowest BCUT2D eigenvalue weighted by Crippen LogP contribution is -2.47. The number of fused-ring (bicyclic) bond motifs is 4. The Morgan fingerprint density at radius 3 is 2.56 bits per heavy atom. The van der Waals surface area contributed by atoms with Gasteiger partial charge in [0.1, 0.15) is 5.75 Å². The molecule has 142 valence electrons. The molecule has 4 heterocycles. The lowest BCUT2D eigenvalue weighted by Gasteiger charge is -2.36. The van der Waals surface area contributed by atoms with Gasteiger partial charge >= 0.3 is 0 Å². The zero-order valence-electron chi connectivity index (χ0n) is 15.6. The highest BCUT2D eigenvalue weighted by molar-refractivity contribution is 5.77. The molecule has 1 aromatic heterocycles. The van der Waals surface area contributed by atoms with E-state index in [9.17, 15) is 9.90 Å². The van der Waals surface area contributed by atoms with Crippen LogP contribution in [0.25, 0.3) is 0 Å². The number of aromatic nitrogens is 1. The summed E-state index contributed by atoms with van der Waals surface area (Å²) in [7, 11) is 0. The zero-order valence-corrected chi connectivity index (χ0v) is 15.6. The second-order valence-corrected chi connectivity index (χ2v) is 7.86. The highest BCUT2D eigenvalue weighted by Gasteiger charge is 2.36. The molecule has 2 aromatic rings. The minimum absolute atomic E-state index is 0.267. The standard InChI is InChI=1S/C22H27N3O2/c26-21-6-2-17(3-7-21)4-8-22(27)25-15-19-1-5-20(25)16-24(14-19)13-18-9-11-23-12-10-18/h2-3,6-7,9-12,19-20,26H,1,4-5,8,13-16H2/t19-,20+/m0/s1. The SMILES string of the molecule is O=C(CCc1ccc(O)cc1)N1C[C@H]2CC[C@@H]1CN(Cc1ccncc1)C2. The van der Waals surface area contributed by atoms with Crippen LogP contribution < -0.4 is 0 Å². The van der Waals surface area contributed by atoms with E-state index in [4.69, 9.17) is 0 Å². The molecule has 5 heteroatoms. The maximum atomic E-state index is 12.9. The summed E-state index contributed by atoms with van der Waals surface area (Å²) in [5.74, 6) is 1.11. The number of carbonyl (C=O) groups excluding carboxylic acids is 1. The van der Waals surface area contributed by atoms with Crippen LogP contribution in [0.15, 0.2) is 48.8 Å². The molecule has 3 aliphatic heterocycles. The minimum Gasteiger partial charge on any atom is -0.508 e. The fourth-order valence-corrected chi connectivity index (χ4v) is 4.42. The monoisotopic (exact) mass is 365 g/mol. The number of nitrogens with zero attached hydrogens (tertiary/aromatic N) is 3. The Kier molecular flexibility index (Phi) is 5.39. The summed E-state index contributed by atoms with van der Waals surface area (Å²) in [4.78, 5) is 21.6. The van der Waals surface area contributed by atoms with Gasteiger partial charge in [0.15, 0.2) is 0 Å². The van der Waals surface area contributed by atoms with Gasteiger partial charge in [-0.1, -0.05) is 12.1 Å². The van der Waals surface area contributed by atoms with E-state index in [0.29, 0.717) is 18.4 Å². The molecule has 3 aliphatic rings. The molecule has 0 unspecified atom stereocenters. The minimum atomic E-state index is 0.267. The second kappa shape index (κ2) is 8.09. The number of benzene rings is 1. The van der Waals surface area contributed by atoms with E-state index in [-0.39, 0.29) is 11.7 Å². The molecule has 5 nitrogen and oxygen atoms in total. The molecule has 27 heavy (non-hydrogen) atoms. The fraction of sp³-hybridized carbons (Fsp3) is 0.455. The molecule has 2 atom stereocenters. The van der Waals surface area contributed by atoms with Crippen LogP contribution in [0.3, 0.4) is 0 Å². The number of hydrogen-bond acceptors (Lipinski definition) is 4. The van der Waals surface area contributed by atoms with Crippen molar-refractivity contribution in [1.82, 2.24) is 14.8 Å². The van der Waals surface area contributed by atoms with Gasteiger partial charge in [-0.3, -0.25) is 14.7 Å². The van der Waals surface area contributed by atoms with Gasteiger partial charge in [0.25, 0.3) is 0 Å². The number of hydrogen-bond donors (Lipinski definition) is 1. The maximum absolute atomic E-state index is 12.9. The van der Waals surface area contributed by atoms with Crippen LogP contribution in [0.1, 0.15) is 30.4 Å². The van der Waals surface area contributed by atoms with E-state index in [1.165, 1.54) is 12.0 Å². The summed E-state index contributed by atoms with van der Waals surface area (Å²) >= 11 is 0. The number of carbonyl (C=O) groups is 1. The summed E-state index contributed by atoms with van der Waals surface area (Å²) in [5.41, 5.74) is 2.39. The normalized spacial score (nSPS) is 22.6. The van der Waals surface area contributed by atoms with Crippen molar-refractivity contribution >= 4 is 5.91 Å². The van der Waals surface area contributed by atoms with Crippen molar-refractivity contribution in [2.75, 3.05) is 19.6 Å². The van der Waals surface area contributed by atoms with Gasteiger partial charge in [-0.05, 0) is 60.6 Å². The Balaban J connectivity index is 1.36. The van der Waals surface area contributed by atoms with Crippen molar-refractivity contribution in [2.24, 2.45) is 5.92 Å². The number of phenols is 1. The van der Waals surface area contributed by atoms with Crippen molar-refractivity contribution < 1.29 is 9.90 Å². The molecule has 0 aliphatic carbocycles. The number of piperidine rings is 1. The third-order valence-corrected chi connectivity index (χ3v) is 5.83. The third-order valence-electron chi connectivity index (χ3n) is 5.83. The first-order valence-electron chi connectivity index (χ1n) is 9.86. The van der Waals surface area contributed by atoms with Crippen LogP contribution in [0.4, 0.5) is 0 Å². The van der Waals surface area contributed by atoms with Crippen molar-refractivity contribution in [3.63, 3.8) is 0 Å². The van der Waals surface area contributed by atoms with E-state index in [1.807, 2.05) is 24.5 Å². The fourth-order valence-electron chi connectivity index (χ4n) is 4.42. The third kappa shape index (κ3) is 4.48. The Labute approximate surface area is 160 Å². The lowest BCUT2D eigenvalue weighted by atomic mass is 9.94. The molecule has 5 rings (SSSR count). The van der Waals surface area contributed by atoms with Crippen LogP contribution in [-0.2, 0) is 17.8 Å². The number of amides is 1. The topological polar surface area (TPSA) is 56.7 Å². The molecular formula is C22H27N3O2. The summed E-state index contributed by atoms with van der Waals surface area (Å²) in [6, 6.07) is 11.6. The highest BCUT2D eigenvalue weighted by atomic mass is 16.3. The van der Waals surface area contributed by atoms with Gasteiger partial charge in [0.05, 0.1) is 0 Å². The summed E-state index contributed by atoms with van der Waals surface area (Å²) < 4.78 is 0. The van der Waals surface area contributed by atoms with Crippen LogP contribution >= 0.6 is 0 Å². The van der Waals surface area contributed by atoms with Crippen molar-refractivity contribution in [1.29, 1.82) is 0 Å². The number of aryl methyl sites for hydroxylation is 1. The van der Waals surface area contributed by atoms with Gasteiger partial charge < -0.3 is 10.0 Å².